The smallest absolute Gasteiger partial charge is 0.0826 e. The molecule has 96 valence electrons. The lowest BCUT2D eigenvalue weighted by atomic mass is 9.67. The maximum Gasteiger partial charge on any atom is 0.0826 e. The quantitative estimate of drug-likeness (QED) is 0.894. The van der Waals surface area contributed by atoms with Gasteiger partial charge in [-0.15, -0.1) is 0 Å². The molecular formula is C14H15Cl2NO. The molecule has 0 saturated heterocycles. The summed E-state index contributed by atoms with van der Waals surface area (Å²) in [6, 6.07) is 7.83. The van der Waals surface area contributed by atoms with Gasteiger partial charge in [0.25, 0.3) is 0 Å². The van der Waals surface area contributed by atoms with Crippen molar-refractivity contribution in [2.24, 2.45) is 5.92 Å². The van der Waals surface area contributed by atoms with Crippen LogP contribution in [0.5, 0.6) is 0 Å². The molecule has 0 heterocycles. The van der Waals surface area contributed by atoms with E-state index in [0.717, 1.165) is 24.8 Å². The van der Waals surface area contributed by atoms with Gasteiger partial charge in [-0.3, -0.25) is 0 Å². The van der Waals surface area contributed by atoms with Crippen molar-refractivity contribution in [3.63, 3.8) is 0 Å². The highest BCUT2D eigenvalue weighted by molar-refractivity contribution is 6.42. The largest absolute Gasteiger partial charge is 0.396 e. The lowest BCUT2D eigenvalue weighted by Crippen LogP contribution is -2.32. The van der Waals surface area contributed by atoms with E-state index in [4.69, 9.17) is 23.2 Å². The number of hydrogen-bond acceptors (Lipinski definition) is 2. The second-order valence-corrected chi connectivity index (χ2v) is 5.78. The Morgan fingerprint density at radius 3 is 2.78 bits per heavy atom. The molecule has 0 spiro atoms. The van der Waals surface area contributed by atoms with E-state index in [1.54, 1.807) is 12.1 Å². The van der Waals surface area contributed by atoms with E-state index in [1.807, 2.05) is 6.07 Å². The first-order valence-electron chi connectivity index (χ1n) is 6.09. The second kappa shape index (κ2) is 5.48. The molecule has 0 radical (unpaired) electrons. The summed E-state index contributed by atoms with van der Waals surface area (Å²) in [4.78, 5) is 0. The Morgan fingerprint density at radius 2 is 2.17 bits per heavy atom. The first-order chi connectivity index (χ1) is 8.61. The Labute approximate surface area is 117 Å². The fourth-order valence-corrected chi connectivity index (χ4v) is 3.07. The standard InChI is InChI=1S/C14H15Cl2NO/c15-12-4-3-11(6-13(12)16)14(9-17)5-1-2-10(7-14)8-18/h3-4,6,10,18H,1-2,5,7-8H2/t10-,14-/m1/s1. The normalized spacial score (nSPS) is 27.8. The molecule has 4 heteroatoms. The molecule has 0 unspecified atom stereocenters. The minimum atomic E-state index is -0.528. The number of aliphatic hydroxyl groups excluding tert-OH is 1. The summed E-state index contributed by atoms with van der Waals surface area (Å²) in [5.41, 5.74) is 0.386. The molecule has 0 bridgehead atoms. The van der Waals surface area contributed by atoms with Crippen LogP contribution >= 0.6 is 23.2 Å². The van der Waals surface area contributed by atoms with Gasteiger partial charge in [0.05, 0.1) is 21.5 Å². The summed E-state index contributed by atoms with van der Waals surface area (Å²) in [7, 11) is 0. The summed E-state index contributed by atoms with van der Waals surface area (Å²) < 4.78 is 0. The van der Waals surface area contributed by atoms with Gasteiger partial charge in [-0.25, -0.2) is 0 Å². The van der Waals surface area contributed by atoms with Crippen LogP contribution in [0.4, 0.5) is 0 Å². The zero-order valence-electron chi connectivity index (χ0n) is 10.00. The third-order valence-corrected chi connectivity index (χ3v) is 4.54. The van der Waals surface area contributed by atoms with Crippen LogP contribution in [0.25, 0.3) is 0 Å². The molecule has 1 aliphatic carbocycles. The SMILES string of the molecule is N#C[C@@]1(c2ccc(Cl)c(Cl)c2)CCC[C@@H](CO)C1. The van der Waals surface area contributed by atoms with Gasteiger partial charge in [0, 0.05) is 6.61 Å². The highest BCUT2D eigenvalue weighted by atomic mass is 35.5. The number of halogens is 2. The summed E-state index contributed by atoms with van der Waals surface area (Å²) in [5.74, 6) is 0.202. The minimum absolute atomic E-state index is 0.144. The summed E-state index contributed by atoms with van der Waals surface area (Å²) in [6.45, 7) is 0.144. The zero-order chi connectivity index (χ0) is 13.2. The van der Waals surface area contributed by atoms with E-state index in [9.17, 15) is 10.4 Å². The van der Waals surface area contributed by atoms with E-state index in [2.05, 4.69) is 6.07 Å². The predicted molar refractivity (Wildman–Crippen MR) is 72.8 cm³/mol. The van der Waals surface area contributed by atoms with Gasteiger partial charge in [0.15, 0.2) is 0 Å². The molecule has 2 atom stereocenters. The van der Waals surface area contributed by atoms with Gasteiger partial charge < -0.3 is 5.11 Å². The molecule has 2 rings (SSSR count). The number of benzene rings is 1. The topological polar surface area (TPSA) is 44.0 Å². The molecular weight excluding hydrogens is 269 g/mol. The molecule has 1 aliphatic rings. The number of nitriles is 1. The van der Waals surface area contributed by atoms with E-state index >= 15 is 0 Å². The molecule has 1 N–H and O–H groups in total. The third-order valence-electron chi connectivity index (χ3n) is 3.80. The van der Waals surface area contributed by atoms with Crippen molar-refractivity contribution in [2.45, 2.75) is 31.1 Å². The Bertz CT molecular complexity index is 483. The van der Waals surface area contributed by atoms with E-state index in [0.29, 0.717) is 16.5 Å². The highest BCUT2D eigenvalue weighted by Crippen LogP contribution is 2.42. The van der Waals surface area contributed by atoms with Crippen molar-refractivity contribution in [2.75, 3.05) is 6.61 Å². The maximum atomic E-state index is 9.56. The van der Waals surface area contributed by atoms with Crippen molar-refractivity contribution in [3.8, 4) is 6.07 Å². The lowest BCUT2D eigenvalue weighted by Gasteiger charge is -2.35. The van der Waals surface area contributed by atoms with Crippen molar-refractivity contribution in [3.05, 3.63) is 33.8 Å². The fourth-order valence-electron chi connectivity index (χ4n) is 2.77. The average molecular weight is 284 g/mol. The van der Waals surface area contributed by atoms with Gasteiger partial charge in [0.1, 0.15) is 0 Å². The van der Waals surface area contributed by atoms with Crippen LogP contribution in [-0.2, 0) is 5.41 Å². The Balaban J connectivity index is 2.37. The van der Waals surface area contributed by atoms with Crippen LogP contribution in [0.2, 0.25) is 10.0 Å². The molecule has 1 fully saturated rings. The van der Waals surface area contributed by atoms with E-state index in [-0.39, 0.29) is 12.5 Å². The molecule has 18 heavy (non-hydrogen) atoms. The van der Waals surface area contributed by atoms with Crippen LogP contribution in [0.1, 0.15) is 31.2 Å². The lowest BCUT2D eigenvalue weighted by molar-refractivity contribution is 0.162. The van der Waals surface area contributed by atoms with Crippen molar-refractivity contribution in [1.29, 1.82) is 5.26 Å². The molecule has 0 aliphatic heterocycles. The van der Waals surface area contributed by atoms with Gasteiger partial charge in [-0.2, -0.15) is 5.26 Å². The number of hydrogen-bond donors (Lipinski definition) is 1. The first kappa shape index (κ1) is 13.7. The van der Waals surface area contributed by atoms with Crippen molar-refractivity contribution in [1.82, 2.24) is 0 Å². The highest BCUT2D eigenvalue weighted by Gasteiger charge is 2.38. The van der Waals surface area contributed by atoms with E-state index in [1.165, 1.54) is 0 Å². The zero-order valence-corrected chi connectivity index (χ0v) is 11.5. The fraction of sp³-hybridized carbons (Fsp3) is 0.500. The first-order valence-corrected chi connectivity index (χ1v) is 6.84. The number of aliphatic hydroxyl groups is 1. The van der Waals surface area contributed by atoms with Gasteiger partial charge >= 0.3 is 0 Å². The monoisotopic (exact) mass is 283 g/mol. The van der Waals surface area contributed by atoms with Crippen LogP contribution in [0, 0.1) is 17.2 Å². The van der Waals surface area contributed by atoms with Gasteiger partial charge in [-0.05, 0) is 42.9 Å². The minimum Gasteiger partial charge on any atom is -0.396 e. The number of rotatable bonds is 2. The van der Waals surface area contributed by atoms with Crippen LogP contribution in [0.3, 0.4) is 0 Å². The molecule has 1 aromatic carbocycles. The summed E-state index contributed by atoms with van der Waals surface area (Å²) in [5, 5.41) is 19.9. The van der Waals surface area contributed by atoms with Crippen LogP contribution in [0.15, 0.2) is 18.2 Å². The molecule has 1 saturated carbocycles. The summed E-state index contributed by atoms with van der Waals surface area (Å²) >= 11 is 11.9. The Hall–Kier alpha value is -0.750. The van der Waals surface area contributed by atoms with Gasteiger partial charge in [-0.1, -0.05) is 35.7 Å². The maximum absolute atomic E-state index is 9.56. The van der Waals surface area contributed by atoms with Gasteiger partial charge in [0.2, 0.25) is 0 Å². The number of nitrogens with zero attached hydrogens (tertiary/aromatic N) is 1. The predicted octanol–water partition coefficient (Wildman–Crippen LogP) is 3.94. The van der Waals surface area contributed by atoms with E-state index < -0.39 is 5.41 Å². The average Bonchev–Trinajstić information content (AvgIpc) is 2.41. The second-order valence-electron chi connectivity index (χ2n) is 4.97. The van der Waals surface area contributed by atoms with Crippen LogP contribution < -0.4 is 0 Å². The third kappa shape index (κ3) is 2.49. The summed E-state index contributed by atoms with van der Waals surface area (Å²) in [6.07, 6.45) is 3.45. The Morgan fingerprint density at radius 1 is 1.39 bits per heavy atom. The molecule has 2 nitrogen and oxygen atoms in total. The van der Waals surface area contributed by atoms with Crippen LogP contribution in [-0.4, -0.2) is 11.7 Å². The van der Waals surface area contributed by atoms with Crippen molar-refractivity contribution >= 4 is 23.2 Å². The van der Waals surface area contributed by atoms with Crippen molar-refractivity contribution < 1.29 is 5.11 Å². The molecule has 0 amide bonds. The Kier molecular flexibility index (Phi) is 4.17. The molecule has 0 aromatic heterocycles. The molecule has 1 aromatic rings.